The molecule has 1 aliphatic heterocycles. The van der Waals surface area contributed by atoms with Gasteiger partial charge >= 0.3 is 0 Å². The van der Waals surface area contributed by atoms with Crippen molar-refractivity contribution in [3.05, 3.63) is 65.5 Å². The normalized spacial score (nSPS) is 17.8. The van der Waals surface area contributed by atoms with E-state index in [1.807, 2.05) is 6.07 Å². The van der Waals surface area contributed by atoms with Crippen molar-refractivity contribution in [1.82, 2.24) is 0 Å². The van der Waals surface area contributed by atoms with Crippen molar-refractivity contribution in [3.8, 4) is 0 Å². The van der Waals surface area contributed by atoms with E-state index in [0.717, 1.165) is 0 Å². The van der Waals surface area contributed by atoms with Gasteiger partial charge in [-0.05, 0) is 18.2 Å². The summed E-state index contributed by atoms with van der Waals surface area (Å²) >= 11 is 5.22. The van der Waals surface area contributed by atoms with E-state index in [4.69, 9.17) is 12.2 Å². The Balaban J connectivity index is 2.12. The summed E-state index contributed by atoms with van der Waals surface area (Å²) in [6, 6.07) is 13.4. The average Bonchev–Trinajstić information content (AvgIpc) is 2.41. The molecule has 4 heteroatoms. The number of benzene rings is 2. The maximum Gasteiger partial charge on any atom is 0.179 e. The third kappa shape index (κ3) is 1.94. The summed E-state index contributed by atoms with van der Waals surface area (Å²) in [7, 11) is 0. The number of ketones is 1. The largest absolute Gasteiger partial charge is 0.349 e. The first kappa shape index (κ1) is 12.0. The van der Waals surface area contributed by atoms with E-state index < -0.39 is 11.7 Å². The Morgan fingerprint density at radius 2 is 1.74 bits per heavy atom. The van der Waals surface area contributed by atoms with Gasteiger partial charge in [-0.25, -0.2) is 4.39 Å². The van der Waals surface area contributed by atoms with Crippen LogP contribution in [0.25, 0.3) is 0 Å². The number of rotatable bonds is 1. The highest BCUT2D eigenvalue weighted by Gasteiger charge is 2.33. The van der Waals surface area contributed by atoms with Crippen LogP contribution in [0.3, 0.4) is 0 Å². The quantitative estimate of drug-likeness (QED) is 0.804. The summed E-state index contributed by atoms with van der Waals surface area (Å²) in [5, 5.41) is 3.01. The van der Waals surface area contributed by atoms with E-state index >= 15 is 0 Å². The zero-order valence-corrected chi connectivity index (χ0v) is 10.7. The summed E-state index contributed by atoms with van der Waals surface area (Å²) in [4.78, 5) is 12.8. The molecule has 2 aromatic rings. The van der Waals surface area contributed by atoms with Crippen LogP contribution < -0.4 is 5.32 Å². The Morgan fingerprint density at radius 1 is 1.05 bits per heavy atom. The van der Waals surface area contributed by atoms with Crippen molar-refractivity contribution >= 4 is 28.7 Å². The van der Waals surface area contributed by atoms with Crippen LogP contribution in [0.1, 0.15) is 21.8 Å². The highest BCUT2D eigenvalue weighted by molar-refractivity contribution is 7.80. The summed E-state index contributed by atoms with van der Waals surface area (Å²) in [5.41, 5.74) is 1.55. The Morgan fingerprint density at radius 3 is 2.53 bits per heavy atom. The predicted octanol–water partition coefficient (Wildman–Crippen LogP) is 3.55. The Labute approximate surface area is 115 Å². The van der Waals surface area contributed by atoms with Gasteiger partial charge in [-0.2, -0.15) is 0 Å². The zero-order valence-electron chi connectivity index (χ0n) is 9.89. The van der Waals surface area contributed by atoms with Gasteiger partial charge in [0.1, 0.15) is 11.7 Å². The van der Waals surface area contributed by atoms with Crippen LogP contribution in [0.2, 0.25) is 0 Å². The maximum absolute atomic E-state index is 13.9. The lowest BCUT2D eigenvalue weighted by atomic mass is 9.86. The van der Waals surface area contributed by atoms with Gasteiger partial charge in [0, 0.05) is 16.8 Å². The average molecular weight is 271 g/mol. The van der Waals surface area contributed by atoms with Gasteiger partial charge in [0.2, 0.25) is 0 Å². The van der Waals surface area contributed by atoms with E-state index in [1.54, 1.807) is 36.4 Å². The molecule has 1 heterocycles. The Kier molecular flexibility index (Phi) is 2.87. The van der Waals surface area contributed by atoms with Crippen LogP contribution >= 0.6 is 12.2 Å². The van der Waals surface area contributed by atoms with E-state index in [2.05, 4.69) is 5.32 Å². The van der Waals surface area contributed by atoms with Crippen LogP contribution in [0.4, 0.5) is 10.1 Å². The van der Waals surface area contributed by atoms with Crippen molar-refractivity contribution in [2.45, 2.75) is 5.92 Å². The lowest BCUT2D eigenvalue weighted by Crippen LogP contribution is -2.32. The fourth-order valence-electron chi connectivity index (χ4n) is 2.28. The number of anilines is 1. The van der Waals surface area contributed by atoms with Crippen LogP contribution in [-0.4, -0.2) is 10.8 Å². The maximum atomic E-state index is 13.9. The number of para-hydroxylation sites is 1. The third-order valence-corrected chi connectivity index (χ3v) is 3.53. The molecule has 19 heavy (non-hydrogen) atoms. The SMILES string of the molecule is O=C1c2ccccc2NC(=S)C1c1ccccc1F. The number of halogens is 1. The van der Waals surface area contributed by atoms with E-state index in [-0.39, 0.29) is 5.78 Å². The van der Waals surface area contributed by atoms with Crippen molar-refractivity contribution < 1.29 is 9.18 Å². The molecule has 1 unspecified atom stereocenters. The van der Waals surface area contributed by atoms with Gasteiger partial charge in [0.05, 0.1) is 4.99 Å². The van der Waals surface area contributed by atoms with Crippen molar-refractivity contribution in [2.75, 3.05) is 5.32 Å². The van der Waals surface area contributed by atoms with Gasteiger partial charge in [-0.1, -0.05) is 42.5 Å². The molecule has 1 N–H and O–H groups in total. The zero-order chi connectivity index (χ0) is 13.4. The second-order valence-electron chi connectivity index (χ2n) is 4.35. The smallest absolute Gasteiger partial charge is 0.179 e. The van der Waals surface area contributed by atoms with Crippen molar-refractivity contribution in [2.24, 2.45) is 0 Å². The topological polar surface area (TPSA) is 29.1 Å². The molecule has 1 aliphatic rings. The highest BCUT2D eigenvalue weighted by atomic mass is 32.1. The molecule has 2 aromatic carbocycles. The number of thiocarbonyl (C=S) groups is 1. The molecule has 0 saturated carbocycles. The molecular formula is C15H10FNOS. The first-order valence-electron chi connectivity index (χ1n) is 5.87. The van der Waals surface area contributed by atoms with Crippen LogP contribution in [0.15, 0.2) is 48.5 Å². The van der Waals surface area contributed by atoms with Crippen molar-refractivity contribution in [1.29, 1.82) is 0 Å². The van der Waals surface area contributed by atoms with Crippen LogP contribution in [-0.2, 0) is 0 Å². The minimum atomic E-state index is -0.744. The van der Waals surface area contributed by atoms with Crippen molar-refractivity contribution in [3.63, 3.8) is 0 Å². The van der Waals surface area contributed by atoms with E-state index in [9.17, 15) is 9.18 Å². The summed E-state index contributed by atoms with van der Waals surface area (Å²) in [6.45, 7) is 0. The third-order valence-electron chi connectivity index (χ3n) is 3.19. The monoisotopic (exact) mass is 271 g/mol. The number of fused-ring (bicyclic) bond motifs is 1. The predicted molar refractivity (Wildman–Crippen MR) is 76.1 cm³/mol. The molecule has 3 rings (SSSR count). The molecular weight excluding hydrogens is 261 g/mol. The molecule has 0 amide bonds. The fourth-order valence-corrected chi connectivity index (χ4v) is 2.62. The molecule has 0 spiro atoms. The van der Waals surface area contributed by atoms with E-state index in [0.29, 0.717) is 21.8 Å². The summed E-state index contributed by atoms with van der Waals surface area (Å²) in [6.07, 6.45) is 0. The van der Waals surface area contributed by atoms with Gasteiger partial charge in [-0.15, -0.1) is 0 Å². The molecule has 94 valence electrons. The van der Waals surface area contributed by atoms with E-state index in [1.165, 1.54) is 6.07 Å². The van der Waals surface area contributed by atoms with Gasteiger partial charge in [0.25, 0.3) is 0 Å². The molecule has 0 aromatic heterocycles. The Hall–Kier alpha value is -2.07. The molecule has 0 fully saturated rings. The van der Waals surface area contributed by atoms with Crippen LogP contribution in [0, 0.1) is 5.82 Å². The highest BCUT2D eigenvalue weighted by Crippen LogP contribution is 2.33. The van der Waals surface area contributed by atoms with Crippen LogP contribution in [0.5, 0.6) is 0 Å². The number of hydrogen-bond acceptors (Lipinski definition) is 2. The van der Waals surface area contributed by atoms with Gasteiger partial charge < -0.3 is 5.32 Å². The minimum Gasteiger partial charge on any atom is -0.349 e. The second-order valence-corrected chi connectivity index (χ2v) is 4.79. The first-order chi connectivity index (χ1) is 9.18. The summed E-state index contributed by atoms with van der Waals surface area (Å²) < 4.78 is 13.9. The molecule has 0 aliphatic carbocycles. The standard InChI is InChI=1S/C15H10FNOS/c16-11-7-3-1-5-9(11)13-14(18)10-6-2-4-8-12(10)17-15(13)19/h1-8,13H,(H,17,19). The minimum absolute atomic E-state index is 0.163. The number of hydrogen-bond donors (Lipinski definition) is 1. The second kappa shape index (κ2) is 4.55. The number of Topliss-reactive ketones (excluding diaryl/α,β-unsaturated/α-hetero) is 1. The molecule has 0 radical (unpaired) electrons. The Bertz CT molecular complexity index is 683. The number of nitrogens with one attached hydrogen (secondary N) is 1. The molecule has 0 saturated heterocycles. The number of carbonyl (C=O) groups excluding carboxylic acids is 1. The molecule has 1 atom stereocenters. The summed E-state index contributed by atoms with van der Waals surface area (Å²) in [5.74, 6) is -1.32. The lowest BCUT2D eigenvalue weighted by Gasteiger charge is -2.26. The molecule has 2 nitrogen and oxygen atoms in total. The van der Waals surface area contributed by atoms with Gasteiger partial charge in [-0.3, -0.25) is 4.79 Å². The van der Waals surface area contributed by atoms with Gasteiger partial charge in [0.15, 0.2) is 5.78 Å². The first-order valence-corrected chi connectivity index (χ1v) is 6.28. The fraction of sp³-hybridized carbons (Fsp3) is 0.0667. The number of carbonyl (C=O) groups is 1. The molecule has 0 bridgehead atoms. The lowest BCUT2D eigenvalue weighted by molar-refractivity contribution is 0.0981.